The molecular formula is C25H30Cl3N3O2. The molecule has 1 saturated heterocycles. The van der Waals surface area contributed by atoms with E-state index < -0.39 is 5.97 Å². The smallest absolute Gasteiger partial charge is 0.306 e. The Labute approximate surface area is 210 Å². The summed E-state index contributed by atoms with van der Waals surface area (Å²) < 4.78 is 0. The van der Waals surface area contributed by atoms with Gasteiger partial charge in [-0.05, 0) is 62.1 Å². The molecule has 0 radical (unpaired) electrons. The number of carboxylic acid groups (broad SMARTS) is 1. The van der Waals surface area contributed by atoms with Gasteiger partial charge in [-0.25, -0.2) is 0 Å². The van der Waals surface area contributed by atoms with Crippen LogP contribution < -0.4 is 10.2 Å². The van der Waals surface area contributed by atoms with Crippen LogP contribution in [0, 0.1) is 5.92 Å². The number of nitrogens with zero attached hydrogens (tertiary/aromatic N) is 2. The Balaban J connectivity index is 1.39. The highest BCUT2D eigenvalue weighted by atomic mass is 35.5. The van der Waals surface area contributed by atoms with Crippen LogP contribution in [-0.4, -0.2) is 48.2 Å². The van der Waals surface area contributed by atoms with Gasteiger partial charge in [-0.1, -0.05) is 47.3 Å². The van der Waals surface area contributed by atoms with Gasteiger partial charge in [0.15, 0.2) is 0 Å². The zero-order valence-electron chi connectivity index (χ0n) is 18.7. The first-order chi connectivity index (χ1) is 15.8. The molecule has 33 heavy (non-hydrogen) atoms. The van der Waals surface area contributed by atoms with Crippen molar-refractivity contribution in [3.63, 3.8) is 0 Å². The zero-order valence-corrected chi connectivity index (χ0v) is 21.0. The second kappa shape index (κ2) is 10.7. The molecule has 3 unspecified atom stereocenters. The fourth-order valence-electron chi connectivity index (χ4n) is 5.05. The van der Waals surface area contributed by atoms with E-state index in [9.17, 15) is 9.90 Å². The largest absolute Gasteiger partial charge is 0.481 e. The molecule has 178 valence electrons. The number of nitrogens with one attached hydrogen (secondary N) is 1. The summed E-state index contributed by atoms with van der Waals surface area (Å²) in [6.07, 6.45) is 3.69. The molecule has 1 aliphatic heterocycles. The van der Waals surface area contributed by atoms with Crippen LogP contribution in [0.2, 0.25) is 15.1 Å². The fourth-order valence-corrected chi connectivity index (χ4v) is 5.79. The van der Waals surface area contributed by atoms with E-state index in [0.29, 0.717) is 21.1 Å². The van der Waals surface area contributed by atoms with Gasteiger partial charge in [0.2, 0.25) is 0 Å². The summed E-state index contributed by atoms with van der Waals surface area (Å²) in [6.45, 7) is 5.76. The van der Waals surface area contributed by atoms with Gasteiger partial charge in [0.25, 0.3) is 0 Å². The van der Waals surface area contributed by atoms with Crippen LogP contribution in [0.15, 0.2) is 36.4 Å². The van der Waals surface area contributed by atoms with E-state index in [4.69, 9.17) is 34.8 Å². The normalized spacial score (nSPS) is 22.7. The van der Waals surface area contributed by atoms with Crippen LogP contribution in [-0.2, 0) is 4.79 Å². The third kappa shape index (κ3) is 5.89. The average molecular weight is 511 g/mol. The maximum atomic E-state index is 11.4. The second-order valence-corrected chi connectivity index (χ2v) is 10.3. The summed E-state index contributed by atoms with van der Waals surface area (Å²) in [4.78, 5) is 16.3. The summed E-state index contributed by atoms with van der Waals surface area (Å²) in [5.74, 6) is -0.837. The SMILES string of the molecule is CC(Nc1cc(N2CCN(C3CCCC(C(=O)O)C3)CC2)ccc1Cl)c1ccc(Cl)cc1Cl. The van der Waals surface area contributed by atoms with Crippen LogP contribution in [0.4, 0.5) is 11.4 Å². The number of aliphatic carboxylic acids is 1. The number of hydrogen-bond donors (Lipinski definition) is 2. The summed E-state index contributed by atoms with van der Waals surface area (Å²) in [7, 11) is 0. The van der Waals surface area contributed by atoms with Gasteiger partial charge in [-0.3, -0.25) is 9.69 Å². The summed E-state index contributed by atoms with van der Waals surface area (Å²) in [6, 6.07) is 12.0. The van der Waals surface area contributed by atoms with E-state index in [-0.39, 0.29) is 12.0 Å². The van der Waals surface area contributed by atoms with E-state index in [0.717, 1.165) is 68.8 Å². The summed E-state index contributed by atoms with van der Waals surface area (Å²) in [5.41, 5.74) is 2.96. The maximum absolute atomic E-state index is 11.4. The molecule has 0 spiro atoms. The molecular weight excluding hydrogens is 481 g/mol. The Morgan fingerprint density at radius 2 is 1.79 bits per heavy atom. The topological polar surface area (TPSA) is 55.8 Å². The Morgan fingerprint density at radius 3 is 2.48 bits per heavy atom. The second-order valence-electron chi connectivity index (χ2n) is 9.07. The van der Waals surface area contributed by atoms with Crippen LogP contribution in [0.3, 0.4) is 0 Å². The average Bonchev–Trinajstić information content (AvgIpc) is 2.80. The third-order valence-electron chi connectivity index (χ3n) is 6.94. The summed E-state index contributed by atoms with van der Waals surface area (Å²) >= 11 is 18.9. The molecule has 5 nitrogen and oxygen atoms in total. The molecule has 2 aromatic rings. The van der Waals surface area contributed by atoms with Crippen molar-refractivity contribution < 1.29 is 9.90 Å². The zero-order chi connectivity index (χ0) is 23.5. The minimum atomic E-state index is -0.645. The highest BCUT2D eigenvalue weighted by Gasteiger charge is 2.32. The van der Waals surface area contributed by atoms with Gasteiger partial charge in [-0.15, -0.1) is 0 Å². The number of hydrogen-bond acceptors (Lipinski definition) is 4. The minimum absolute atomic E-state index is 0.0344. The van der Waals surface area contributed by atoms with Crippen molar-refractivity contribution in [2.24, 2.45) is 5.92 Å². The molecule has 2 aromatic carbocycles. The van der Waals surface area contributed by atoms with Crippen LogP contribution in [0.25, 0.3) is 0 Å². The number of halogens is 3. The number of carboxylic acids is 1. The molecule has 0 aromatic heterocycles. The van der Waals surface area contributed by atoms with Gasteiger partial charge >= 0.3 is 5.97 Å². The Morgan fingerprint density at radius 1 is 1.03 bits per heavy atom. The van der Waals surface area contributed by atoms with Gasteiger partial charge in [0.05, 0.1) is 22.7 Å². The van der Waals surface area contributed by atoms with Crippen molar-refractivity contribution in [1.29, 1.82) is 0 Å². The first-order valence-corrected chi connectivity index (χ1v) is 12.7. The predicted octanol–water partition coefficient (Wildman–Crippen LogP) is 6.59. The summed E-state index contributed by atoms with van der Waals surface area (Å²) in [5, 5.41) is 14.8. The number of piperazine rings is 1. The fraction of sp³-hybridized carbons (Fsp3) is 0.480. The lowest BCUT2D eigenvalue weighted by Crippen LogP contribution is -2.51. The Bertz CT molecular complexity index is 995. The molecule has 2 N–H and O–H groups in total. The molecule has 4 rings (SSSR count). The van der Waals surface area contributed by atoms with Gasteiger partial charge in [0.1, 0.15) is 0 Å². The molecule has 2 aliphatic rings. The molecule has 1 aliphatic carbocycles. The molecule has 1 saturated carbocycles. The standard InChI is InChI=1S/C25H30Cl3N3O2/c1-16(21-7-5-18(26)14-23(21)28)29-24-15-20(6-8-22(24)27)31-11-9-30(10-12-31)19-4-2-3-17(13-19)25(32)33/h5-8,14-17,19,29H,2-4,9-13H2,1H3,(H,32,33). The lowest BCUT2D eigenvalue weighted by molar-refractivity contribution is -0.143. The van der Waals surface area contributed by atoms with Crippen LogP contribution in [0.1, 0.15) is 44.2 Å². The molecule has 0 amide bonds. The number of anilines is 2. The van der Waals surface area contributed by atoms with Crippen LogP contribution in [0.5, 0.6) is 0 Å². The van der Waals surface area contributed by atoms with Gasteiger partial charge < -0.3 is 15.3 Å². The molecule has 8 heteroatoms. The molecule has 2 fully saturated rings. The van der Waals surface area contributed by atoms with Crippen molar-refractivity contribution in [1.82, 2.24) is 4.90 Å². The van der Waals surface area contributed by atoms with Gasteiger partial charge in [-0.2, -0.15) is 0 Å². The third-order valence-corrected chi connectivity index (χ3v) is 7.83. The van der Waals surface area contributed by atoms with E-state index >= 15 is 0 Å². The van der Waals surface area contributed by atoms with Crippen LogP contribution >= 0.6 is 34.8 Å². The van der Waals surface area contributed by atoms with Crippen molar-refractivity contribution >= 4 is 52.1 Å². The first-order valence-electron chi connectivity index (χ1n) is 11.5. The molecule has 0 bridgehead atoms. The Kier molecular flexibility index (Phi) is 7.95. The molecule has 3 atom stereocenters. The van der Waals surface area contributed by atoms with Gasteiger partial charge in [0, 0.05) is 48.0 Å². The first kappa shape index (κ1) is 24.5. The molecule has 1 heterocycles. The number of carbonyl (C=O) groups is 1. The highest BCUT2D eigenvalue weighted by Crippen LogP contribution is 2.34. The van der Waals surface area contributed by atoms with Crippen molar-refractivity contribution in [3.05, 3.63) is 57.0 Å². The number of benzene rings is 2. The van der Waals surface area contributed by atoms with E-state index in [2.05, 4.69) is 27.2 Å². The van der Waals surface area contributed by atoms with Crippen molar-refractivity contribution in [2.45, 2.75) is 44.7 Å². The van der Waals surface area contributed by atoms with Crippen molar-refractivity contribution in [2.75, 3.05) is 36.4 Å². The predicted molar refractivity (Wildman–Crippen MR) is 137 cm³/mol. The van der Waals surface area contributed by atoms with Crippen molar-refractivity contribution in [3.8, 4) is 0 Å². The quantitative estimate of drug-likeness (QED) is 0.459. The highest BCUT2D eigenvalue weighted by molar-refractivity contribution is 6.35. The Hall–Kier alpha value is -1.66. The van der Waals surface area contributed by atoms with E-state index in [1.807, 2.05) is 25.1 Å². The lowest BCUT2D eigenvalue weighted by atomic mass is 9.85. The maximum Gasteiger partial charge on any atom is 0.306 e. The monoisotopic (exact) mass is 509 g/mol. The van der Waals surface area contributed by atoms with E-state index in [1.54, 1.807) is 6.07 Å². The minimum Gasteiger partial charge on any atom is -0.481 e. The number of rotatable bonds is 6. The lowest BCUT2D eigenvalue weighted by Gasteiger charge is -2.42. The van der Waals surface area contributed by atoms with E-state index in [1.165, 1.54) is 0 Å².